The number of hydrogen-bond donors (Lipinski definition) is 1. The molecular formula is C18H25NS2. The highest BCUT2D eigenvalue weighted by molar-refractivity contribution is 8.15. The second-order valence-electron chi connectivity index (χ2n) is 5.58. The number of nitrogens with zero attached hydrogens (tertiary/aromatic N) is 1. The van der Waals surface area contributed by atoms with Gasteiger partial charge in [-0.3, -0.25) is 4.31 Å². The molecule has 0 aliphatic heterocycles. The minimum absolute atomic E-state index is 0.0569. The normalized spacial score (nSPS) is 18.1. The van der Waals surface area contributed by atoms with Gasteiger partial charge in [-0.15, -0.1) is 0 Å². The number of benzene rings is 1. The zero-order valence-electron chi connectivity index (χ0n) is 13.2. The van der Waals surface area contributed by atoms with Crippen molar-refractivity contribution in [1.82, 2.24) is 4.31 Å². The van der Waals surface area contributed by atoms with Crippen LogP contribution in [-0.4, -0.2) is 29.0 Å². The molecule has 1 nitrogen and oxygen atoms in total. The molecule has 114 valence electrons. The monoisotopic (exact) mass is 319 g/mol. The van der Waals surface area contributed by atoms with Gasteiger partial charge in [-0.2, -0.15) is 12.6 Å². The van der Waals surface area contributed by atoms with E-state index in [0.29, 0.717) is 6.04 Å². The van der Waals surface area contributed by atoms with Crippen LogP contribution >= 0.6 is 23.3 Å². The zero-order chi connectivity index (χ0) is 15.4. The summed E-state index contributed by atoms with van der Waals surface area (Å²) in [4.78, 5) is 1.45. The maximum Gasteiger partial charge on any atom is 0.0257 e. The Morgan fingerprint density at radius 1 is 1.29 bits per heavy atom. The molecule has 1 aromatic rings. The molecule has 0 fully saturated rings. The molecular weight excluding hydrogens is 294 g/mol. The summed E-state index contributed by atoms with van der Waals surface area (Å²) < 4.78 is 2.34. The van der Waals surface area contributed by atoms with Crippen molar-refractivity contribution in [3.63, 3.8) is 0 Å². The van der Waals surface area contributed by atoms with Crippen LogP contribution in [0, 0.1) is 6.92 Å². The third-order valence-electron chi connectivity index (χ3n) is 4.14. The second-order valence-corrected chi connectivity index (χ2v) is 7.78. The first kappa shape index (κ1) is 16.6. The van der Waals surface area contributed by atoms with Crippen LogP contribution in [0.3, 0.4) is 0 Å². The van der Waals surface area contributed by atoms with E-state index in [9.17, 15) is 0 Å². The van der Waals surface area contributed by atoms with Gasteiger partial charge in [0.15, 0.2) is 0 Å². The molecule has 2 rings (SSSR count). The molecule has 0 radical (unpaired) electrons. The summed E-state index contributed by atoms with van der Waals surface area (Å²) in [6, 6.07) is 9.08. The molecule has 0 bridgehead atoms. The molecule has 21 heavy (non-hydrogen) atoms. The fraction of sp³-hybridized carbons (Fsp3) is 0.389. The molecule has 0 spiro atoms. The Morgan fingerprint density at radius 2 is 2.00 bits per heavy atom. The van der Waals surface area contributed by atoms with E-state index in [-0.39, 0.29) is 10.7 Å². The molecule has 0 saturated carbocycles. The number of thiol groups is 1. The molecule has 0 saturated heterocycles. The van der Waals surface area contributed by atoms with Crippen molar-refractivity contribution in [2.75, 3.05) is 12.8 Å². The number of allylic oxidation sites excluding steroid dienone is 4. The fourth-order valence-electron chi connectivity index (χ4n) is 2.49. The third-order valence-corrected chi connectivity index (χ3v) is 6.67. The van der Waals surface area contributed by atoms with E-state index in [4.69, 9.17) is 0 Å². The van der Waals surface area contributed by atoms with Crippen molar-refractivity contribution < 1.29 is 0 Å². The SMILES string of the molecule is C=S(C1=CC=C(c2ccccc2C)CC1)N(C)[C@H](C)CS. The van der Waals surface area contributed by atoms with Crippen molar-refractivity contribution >= 4 is 34.7 Å². The van der Waals surface area contributed by atoms with Crippen LogP contribution in [-0.2, 0) is 0 Å². The molecule has 3 heteroatoms. The predicted octanol–water partition coefficient (Wildman–Crippen LogP) is 4.92. The van der Waals surface area contributed by atoms with Crippen LogP contribution in [0.5, 0.6) is 0 Å². The largest absolute Gasteiger partial charge is 0.252 e. The lowest BCUT2D eigenvalue weighted by Gasteiger charge is -2.29. The Morgan fingerprint density at radius 3 is 2.57 bits per heavy atom. The minimum atomic E-state index is -0.0569. The van der Waals surface area contributed by atoms with Crippen LogP contribution in [0.4, 0.5) is 0 Å². The summed E-state index contributed by atoms with van der Waals surface area (Å²) in [7, 11) is 2.09. The van der Waals surface area contributed by atoms with Crippen molar-refractivity contribution in [2.45, 2.75) is 32.7 Å². The van der Waals surface area contributed by atoms with Crippen LogP contribution < -0.4 is 0 Å². The van der Waals surface area contributed by atoms with Gasteiger partial charge < -0.3 is 0 Å². The average Bonchev–Trinajstić information content (AvgIpc) is 2.53. The molecule has 2 atom stereocenters. The lowest BCUT2D eigenvalue weighted by Crippen LogP contribution is -2.25. The van der Waals surface area contributed by atoms with Gasteiger partial charge in [0.1, 0.15) is 0 Å². The van der Waals surface area contributed by atoms with Crippen LogP contribution in [0.2, 0.25) is 0 Å². The summed E-state index contributed by atoms with van der Waals surface area (Å²) in [5, 5.41) is 0. The quantitative estimate of drug-likeness (QED) is 0.595. The highest BCUT2D eigenvalue weighted by Gasteiger charge is 2.16. The Balaban J connectivity index is 2.17. The molecule has 0 heterocycles. The molecule has 1 aliphatic carbocycles. The number of aryl methyl sites for hydroxylation is 1. The first-order valence-corrected chi connectivity index (χ1v) is 9.36. The first-order chi connectivity index (χ1) is 10.0. The Labute approximate surface area is 137 Å². The molecule has 1 unspecified atom stereocenters. The zero-order valence-corrected chi connectivity index (χ0v) is 14.9. The lowest BCUT2D eigenvalue weighted by atomic mass is 9.94. The van der Waals surface area contributed by atoms with Crippen molar-refractivity contribution in [1.29, 1.82) is 0 Å². The number of hydrogen-bond acceptors (Lipinski definition) is 2. The summed E-state index contributed by atoms with van der Waals surface area (Å²) in [6.45, 7) is 4.39. The maximum absolute atomic E-state index is 4.39. The van der Waals surface area contributed by atoms with Crippen LogP contribution in [0.1, 0.15) is 30.9 Å². The second kappa shape index (κ2) is 7.48. The Bertz CT molecular complexity index is 587. The third kappa shape index (κ3) is 3.91. The molecule has 0 aromatic heterocycles. The van der Waals surface area contributed by atoms with Gasteiger partial charge in [0.05, 0.1) is 0 Å². The van der Waals surface area contributed by atoms with Crippen LogP contribution in [0.15, 0.2) is 41.3 Å². The van der Waals surface area contributed by atoms with Crippen molar-refractivity contribution in [3.05, 3.63) is 52.4 Å². The van der Waals surface area contributed by atoms with Gasteiger partial charge >= 0.3 is 0 Å². The van der Waals surface area contributed by atoms with E-state index in [0.717, 1.165) is 18.6 Å². The summed E-state index contributed by atoms with van der Waals surface area (Å²) in [6.07, 6.45) is 6.78. The van der Waals surface area contributed by atoms with Crippen LogP contribution in [0.25, 0.3) is 5.57 Å². The average molecular weight is 320 g/mol. The van der Waals surface area contributed by atoms with E-state index in [2.05, 4.69) is 80.1 Å². The maximum atomic E-state index is 4.39. The standard InChI is InChI=1S/C18H25NS2/c1-14-7-5-6-8-18(14)16-9-11-17(12-10-16)21(4)19(3)15(2)13-20/h5-9,11,15,20H,4,10,12-13H2,1-3H3/t15-,21?/m1/s1. The molecule has 0 amide bonds. The summed E-state index contributed by atoms with van der Waals surface area (Å²) >= 11 is 4.39. The minimum Gasteiger partial charge on any atom is -0.252 e. The predicted molar refractivity (Wildman–Crippen MR) is 102 cm³/mol. The smallest absolute Gasteiger partial charge is 0.0257 e. The van der Waals surface area contributed by atoms with Gasteiger partial charge in [0, 0.05) is 11.8 Å². The highest BCUT2D eigenvalue weighted by Crippen LogP contribution is 2.38. The summed E-state index contributed by atoms with van der Waals surface area (Å²) in [5.41, 5.74) is 4.18. The van der Waals surface area contributed by atoms with E-state index in [1.165, 1.54) is 21.6 Å². The first-order valence-electron chi connectivity index (χ1n) is 7.38. The topological polar surface area (TPSA) is 3.24 Å². The Hall–Kier alpha value is -0.770. The highest BCUT2D eigenvalue weighted by atomic mass is 32.2. The lowest BCUT2D eigenvalue weighted by molar-refractivity contribution is 0.476. The fourth-order valence-corrected chi connectivity index (χ4v) is 4.29. The Kier molecular flexibility index (Phi) is 5.91. The van der Waals surface area contributed by atoms with Gasteiger partial charge in [-0.1, -0.05) is 53.0 Å². The van der Waals surface area contributed by atoms with Gasteiger partial charge in [-0.05, 0) is 55.3 Å². The summed E-state index contributed by atoms with van der Waals surface area (Å²) in [5.74, 6) is 5.24. The van der Waals surface area contributed by atoms with E-state index >= 15 is 0 Å². The van der Waals surface area contributed by atoms with Gasteiger partial charge in [0.2, 0.25) is 0 Å². The van der Waals surface area contributed by atoms with Crippen molar-refractivity contribution in [2.24, 2.45) is 0 Å². The van der Waals surface area contributed by atoms with Gasteiger partial charge in [0.25, 0.3) is 0 Å². The molecule has 0 N–H and O–H groups in total. The molecule has 1 aromatic carbocycles. The van der Waals surface area contributed by atoms with Crippen molar-refractivity contribution in [3.8, 4) is 0 Å². The number of rotatable bonds is 5. The van der Waals surface area contributed by atoms with E-state index < -0.39 is 0 Å². The van der Waals surface area contributed by atoms with E-state index in [1.807, 2.05) is 0 Å². The molecule has 1 aliphatic rings. The van der Waals surface area contributed by atoms with Gasteiger partial charge in [-0.25, -0.2) is 0 Å². The van der Waals surface area contributed by atoms with E-state index in [1.54, 1.807) is 0 Å².